The summed E-state index contributed by atoms with van der Waals surface area (Å²) in [5.74, 6) is -0.285. The molecule has 10 heteroatoms. The van der Waals surface area contributed by atoms with Crippen LogP contribution in [0.1, 0.15) is 25.3 Å². The van der Waals surface area contributed by atoms with Crippen LogP contribution in [0.2, 0.25) is 5.02 Å². The van der Waals surface area contributed by atoms with Gasteiger partial charge in [-0.3, -0.25) is 9.59 Å². The molecule has 164 valence electrons. The van der Waals surface area contributed by atoms with Crippen molar-refractivity contribution < 1.29 is 22.7 Å². The minimum atomic E-state index is -3.94. The van der Waals surface area contributed by atoms with E-state index in [4.69, 9.17) is 16.3 Å². The lowest BCUT2D eigenvalue weighted by molar-refractivity contribution is -0.124. The van der Waals surface area contributed by atoms with Gasteiger partial charge in [0.25, 0.3) is 5.91 Å². The Kier molecular flexibility index (Phi) is 5.92. The van der Waals surface area contributed by atoms with Crippen molar-refractivity contribution in [3.63, 3.8) is 0 Å². The minimum Gasteiger partial charge on any atom is -0.479 e. The van der Waals surface area contributed by atoms with Crippen molar-refractivity contribution in [3.05, 3.63) is 53.1 Å². The molecule has 2 atom stereocenters. The Labute approximate surface area is 185 Å². The van der Waals surface area contributed by atoms with E-state index in [2.05, 4.69) is 10.6 Å². The molecular formula is C21H22ClN3O5S. The first kappa shape index (κ1) is 21.6. The van der Waals surface area contributed by atoms with Crippen molar-refractivity contribution in [1.82, 2.24) is 9.62 Å². The van der Waals surface area contributed by atoms with Gasteiger partial charge in [0.05, 0.1) is 10.6 Å². The van der Waals surface area contributed by atoms with Gasteiger partial charge in [0.1, 0.15) is 11.8 Å². The van der Waals surface area contributed by atoms with E-state index in [0.29, 0.717) is 29.3 Å². The van der Waals surface area contributed by atoms with Crippen molar-refractivity contribution in [1.29, 1.82) is 0 Å². The molecule has 2 amide bonds. The Morgan fingerprint density at radius 3 is 2.74 bits per heavy atom. The predicted molar refractivity (Wildman–Crippen MR) is 115 cm³/mol. The average Bonchev–Trinajstić information content (AvgIpc) is 3.24. The normalized spacial score (nSPS) is 21.2. The first-order valence-corrected chi connectivity index (χ1v) is 11.7. The van der Waals surface area contributed by atoms with Crippen LogP contribution in [0.3, 0.4) is 0 Å². The summed E-state index contributed by atoms with van der Waals surface area (Å²) in [6.45, 7) is 2.14. The topological polar surface area (TPSA) is 105 Å². The third-order valence-electron chi connectivity index (χ3n) is 5.37. The first-order chi connectivity index (χ1) is 14.8. The number of carbonyl (C=O) groups excluding carboxylic acids is 2. The van der Waals surface area contributed by atoms with E-state index in [1.165, 1.54) is 22.5 Å². The lowest BCUT2D eigenvalue weighted by Gasteiger charge is -2.26. The lowest BCUT2D eigenvalue weighted by atomic mass is 10.2. The Balaban J connectivity index is 1.51. The fourth-order valence-electron chi connectivity index (χ4n) is 3.68. The van der Waals surface area contributed by atoms with Gasteiger partial charge >= 0.3 is 0 Å². The zero-order chi connectivity index (χ0) is 22.2. The second-order valence-electron chi connectivity index (χ2n) is 7.53. The molecule has 1 fully saturated rings. The molecule has 0 radical (unpaired) electrons. The van der Waals surface area contributed by atoms with Gasteiger partial charge < -0.3 is 15.4 Å². The largest absolute Gasteiger partial charge is 0.479 e. The highest BCUT2D eigenvalue weighted by atomic mass is 35.5. The highest BCUT2D eigenvalue weighted by molar-refractivity contribution is 7.89. The van der Waals surface area contributed by atoms with E-state index in [9.17, 15) is 18.0 Å². The number of amides is 2. The maximum absolute atomic E-state index is 13.3. The third-order valence-corrected chi connectivity index (χ3v) is 7.53. The summed E-state index contributed by atoms with van der Waals surface area (Å²) in [5.41, 5.74) is 1.16. The molecule has 0 aromatic heterocycles. The molecule has 0 aliphatic carbocycles. The first-order valence-electron chi connectivity index (χ1n) is 9.91. The summed E-state index contributed by atoms with van der Waals surface area (Å²) in [6, 6.07) is 10.6. The summed E-state index contributed by atoms with van der Waals surface area (Å²) in [4.78, 5) is 24.6. The third kappa shape index (κ3) is 4.39. The summed E-state index contributed by atoms with van der Waals surface area (Å²) in [7, 11) is -3.94. The van der Waals surface area contributed by atoms with Gasteiger partial charge in [-0.25, -0.2) is 8.42 Å². The van der Waals surface area contributed by atoms with Crippen LogP contribution < -0.4 is 15.4 Å². The summed E-state index contributed by atoms with van der Waals surface area (Å²) in [6.07, 6.45) is 0.372. The van der Waals surface area contributed by atoms with E-state index >= 15 is 0 Å². The second kappa shape index (κ2) is 8.49. The molecule has 2 aliphatic heterocycles. The van der Waals surface area contributed by atoms with Gasteiger partial charge in [0.2, 0.25) is 15.9 Å². The van der Waals surface area contributed by atoms with Crippen molar-refractivity contribution in [2.24, 2.45) is 0 Å². The minimum absolute atomic E-state index is 0.00195. The van der Waals surface area contributed by atoms with Crippen molar-refractivity contribution in [2.75, 3.05) is 11.9 Å². The molecule has 0 saturated carbocycles. The molecule has 2 aromatic carbocycles. The maximum atomic E-state index is 13.3. The average molecular weight is 464 g/mol. The molecule has 8 nitrogen and oxygen atoms in total. The smallest absolute Gasteiger partial charge is 0.265 e. The van der Waals surface area contributed by atoms with E-state index in [-0.39, 0.29) is 29.8 Å². The van der Waals surface area contributed by atoms with E-state index in [1.54, 1.807) is 31.2 Å². The lowest BCUT2D eigenvalue weighted by Crippen LogP contribution is -2.45. The molecule has 31 heavy (non-hydrogen) atoms. The number of nitrogens with one attached hydrogen (secondary N) is 2. The molecule has 2 unspecified atom stereocenters. The zero-order valence-corrected chi connectivity index (χ0v) is 18.4. The summed E-state index contributed by atoms with van der Waals surface area (Å²) < 4.78 is 33.2. The number of hydrogen-bond acceptors (Lipinski definition) is 5. The number of carbonyl (C=O) groups is 2. The Hall–Kier alpha value is -2.62. The maximum Gasteiger partial charge on any atom is 0.265 e. The van der Waals surface area contributed by atoms with Crippen LogP contribution in [0.15, 0.2) is 47.4 Å². The van der Waals surface area contributed by atoms with Gasteiger partial charge in [-0.05, 0) is 55.7 Å². The summed E-state index contributed by atoms with van der Waals surface area (Å²) in [5, 5.41) is 6.06. The van der Waals surface area contributed by atoms with Crippen molar-refractivity contribution >= 4 is 39.1 Å². The number of nitrogens with zero attached hydrogens (tertiary/aromatic N) is 1. The predicted octanol–water partition coefficient (Wildman–Crippen LogP) is 2.53. The van der Waals surface area contributed by atoms with E-state index < -0.39 is 22.2 Å². The number of halogens is 1. The van der Waals surface area contributed by atoms with Gasteiger partial charge in [0, 0.05) is 18.1 Å². The molecule has 1 saturated heterocycles. The van der Waals surface area contributed by atoms with Crippen LogP contribution in [-0.4, -0.2) is 43.2 Å². The molecule has 0 spiro atoms. The van der Waals surface area contributed by atoms with E-state index in [1.807, 2.05) is 0 Å². The SMILES string of the molecule is CC1Oc2ccc(S(=O)(=O)N3CCCC3C(=O)NCc3ccc(Cl)cc3)cc2NC1=O. The number of rotatable bonds is 5. The number of hydrogen-bond donors (Lipinski definition) is 2. The molecule has 2 aliphatic rings. The van der Waals surface area contributed by atoms with Crippen LogP contribution in [-0.2, 0) is 26.2 Å². The van der Waals surface area contributed by atoms with Crippen LogP contribution >= 0.6 is 11.6 Å². The molecule has 2 heterocycles. The van der Waals surface area contributed by atoms with Gasteiger partial charge in [-0.15, -0.1) is 0 Å². The number of fused-ring (bicyclic) bond motifs is 1. The monoisotopic (exact) mass is 463 g/mol. The van der Waals surface area contributed by atoms with Crippen LogP contribution in [0.5, 0.6) is 5.75 Å². The van der Waals surface area contributed by atoms with Gasteiger partial charge in [-0.2, -0.15) is 4.31 Å². The van der Waals surface area contributed by atoms with E-state index in [0.717, 1.165) is 5.56 Å². The summed E-state index contributed by atoms with van der Waals surface area (Å²) >= 11 is 5.87. The molecule has 4 rings (SSSR count). The van der Waals surface area contributed by atoms with Crippen molar-refractivity contribution in [3.8, 4) is 5.75 Å². The van der Waals surface area contributed by atoms with Crippen molar-refractivity contribution in [2.45, 2.75) is 43.4 Å². The van der Waals surface area contributed by atoms with Crippen LogP contribution in [0, 0.1) is 0 Å². The Morgan fingerprint density at radius 2 is 2.00 bits per heavy atom. The number of anilines is 1. The van der Waals surface area contributed by atoms with Gasteiger partial charge in [0.15, 0.2) is 6.10 Å². The Morgan fingerprint density at radius 1 is 1.26 bits per heavy atom. The number of sulfonamides is 1. The Bertz CT molecular complexity index is 1120. The highest BCUT2D eigenvalue weighted by Gasteiger charge is 2.40. The quantitative estimate of drug-likeness (QED) is 0.709. The number of benzene rings is 2. The molecular weight excluding hydrogens is 442 g/mol. The zero-order valence-electron chi connectivity index (χ0n) is 16.8. The fourth-order valence-corrected chi connectivity index (χ4v) is 5.49. The second-order valence-corrected chi connectivity index (χ2v) is 9.85. The number of ether oxygens (including phenoxy) is 1. The standard InChI is InChI=1S/C21H22ClN3O5S/c1-13-20(26)24-17-11-16(8-9-19(17)30-13)31(28,29)25-10-2-3-18(25)21(27)23-12-14-4-6-15(22)7-5-14/h4-9,11,13,18H,2-3,10,12H2,1H3,(H,23,27)(H,24,26). The highest BCUT2D eigenvalue weighted by Crippen LogP contribution is 2.34. The molecule has 2 aromatic rings. The fraction of sp³-hybridized carbons (Fsp3) is 0.333. The van der Waals surface area contributed by atoms with Gasteiger partial charge in [-0.1, -0.05) is 23.7 Å². The van der Waals surface area contributed by atoms with Crippen LogP contribution in [0.4, 0.5) is 5.69 Å². The molecule has 2 N–H and O–H groups in total. The molecule has 0 bridgehead atoms. The van der Waals surface area contributed by atoms with Crippen LogP contribution in [0.25, 0.3) is 0 Å².